The van der Waals surface area contributed by atoms with Gasteiger partial charge in [-0.05, 0) is 24.3 Å². The first-order valence-electron chi connectivity index (χ1n) is 5.27. The second-order valence-corrected chi connectivity index (χ2v) is 3.71. The number of nitrogens with zero attached hydrogens (tertiary/aromatic N) is 1. The van der Waals surface area contributed by atoms with E-state index in [2.05, 4.69) is 15.5 Å². The highest BCUT2D eigenvalue weighted by atomic mass is 19.1. The zero-order valence-corrected chi connectivity index (χ0v) is 8.67. The third kappa shape index (κ3) is 3.18. The molecule has 0 saturated carbocycles. The summed E-state index contributed by atoms with van der Waals surface area (Å²) >= 11 is 0. The first-order valence-corrected chi connectivity index (χ1v) is 5.27. The monoisotopic (exact) mass is 209 g/mol. The molecule has 1 aliphatic heterocycles. The Balaban J connectivity index is 1.79. The summed E-state index contributed by atoms with van der Waals surface area (Å²) in [5.74, 6) is -0.192. The summed E-state index contributed by atoms with van der Waals surface area (Å²) in [6.07, 6.45) is 0. The Hall–Kier alpha value is -1.13. The van der Waals surface area contributed by atoms with Crippen LogP contribution in [0.1, 0.15) is 0 Å². The molecule has 1 fully saturated rings. The third-order valence-corrected chi connectivity index (χ3v) is 2.56. The van der Waals surface area contributed by atoms with Gasteiger partial charge in [-0.3, -0.25) is 4.90 Å². The predicted octanol–water partition coefficient (Wildman–Crippen LogP) is 1.10. The number of hydrogen-bond donors (Lipinski definition) is 2. The van der Waals surface area contributed by atoms with Gasteiger partial charge >= 0.3 is 0 Å². The molecule has 15 heavy (non-hydrogen) atoms. The van der Waals surface area contributed by atoms with E-state index >= 15 is 0 Å². The van der Waals surface area contributed by atoms with E-state index in [4.69, 9.17) is 0 Å². The van der Waals surface area contributed by atoms with Crippen molar-refractivity contribution in [1.29, 1.82) is 0 Å². The zero-order valence-electron chi connectivity index (χ0n) is 8.67. The smallest absolute Gasteiger partial charge is 0.123 e. The van der Waals surface area contributed by atoms with E-state index in [0.29, 0.717) is 0 Å². The van der Waals surface area contributed by atoms with Gasteiger partial charge in [0.1, 0.15) is 5.82 Å². The van der Waals surface area contributed by atoms with Crippen LogP contribution in [-0.4, -0.2) is 37.7 Å². The molecule has 3 nitrogen and oxygen atoms in total. The fourth-order valence-electron chi connectivity index (χ4n) is 1.64. The van der Waals surface area contributed by atoms with Crippen LogP contribution in [0.15, 0.2) is 24.3 Å². The molecule has 0 spiro atoms. The molecular formula is C11H16FN3. The van der Waals surface area contributed by atoms with Crippen LogP contribution < -0.4 is 10.6 Å². The minimum Gasteiger partial charge on any atom is -0.372 e. The fourth-order valence-corrected chi connectivity index (χ4v) is 1.64. The maximum Gasteiger partial charge on any atom is 0.123 e. The number of anilines is 1. The van der Waals surface area contributed by atoms with Gasteiger partial charge in [-0.2, -0.15) is 0 Å². The van der Waals surface area contributed by atoms with Gasteiger partial charge in [0.05, 0.1) is 6.67 Å². The van der Waals surface area contributed by atoms with Gasteiger partial charge in [0.15, 0.2) is 0 Å². The van der Waals surface area contributed by atoms with Gasteiger partial charge in [-0.1, -0.05) is 0 Å². The Morgan fingerprint density at radius 3 is 2.53 bits per heavy atom. The molecule has 1 saturated heterocycles. The number of nitrogens with one attached hydrogen (secondary N) is 2. The molecule has 1 aromatic rings. The average molecular weight is 209 g/mol. The third-order valence-electron chi connectivity index (χ3n) is 2.56. The number of rotatable bonds is 3. The highest BCUT2D eigenvalue weighted by Gasteiger charge is 2.07. The summed E-state index contributed by atoms with van der Waals surface area (Å²) in [5.41, 5.74) is 0.968. The van der Waals surface area contributed by atoms with Crippen molar-refractivity contribution in [3.63, 3.8) is 0 Å². The Labute approximate surface area is 89.3 Å². The topological polar surface area (TPSA) is 27.3 Å². The van der Waals surface area contributed by atoms with Crippen molar-refractivity contribution >= 4 is 5.69 Å². The number of halogens is 1. The van der Waals surface area contributed by atoms with Crippen LogP contribution in [-0.2, 0) is 0 Å². The molecular weight excluding hydrogens is 193 g/mol. The van der Waals surface area contributed by atoms with Crippen molar-refractivity contribution in [1.82, 2.24) is 10.2 Å². The first kappa shape index (κ1) is 10.4. The normalized spacial score (nSPS) is 17.7. The summed E-state index contributed by atoms with van der Waals surface area (Å²) in [6, 6.07) is 6.47. The zero-order chi connectivity index (χ0) is 10.5. The standard InChI is InChI=1S/C11H16FN3/c12-10-1-3-11(4-2-10)14-9-15-7-5-13-6-8-15/h1-4,13-14H,5-9H2. The summed E-state index contributed by atoms with van der Waals surface area (Å²) in [6.45, 7) is 5.05. The van der Waals surface area contributed by atoms with Crippen LogP contribution in [0.4, 0.5) is 10.1 Å². The van der Waals surface area contributed by atoms with Crippen molar-refractivity contribution in [2.45, 2.75) is 0 Å². The number of hydrogen-bond acceptors (Lipinski definition) is 3. The summed E-state index contributed by atoms with van der Waals surface area (Å²) < 4.78 is 12.6. The molecule has 0 bridgehead atoms. The number of benzene rings is 1. The lowest BCUT2D eigenvalue weighted by Crippen LogP contribution is -2.45. The van der Waals surface area contributed by atoms with E-state index < -0.39 is 0 Å². The van der Waals surface area contributed by atoms with Crippen LogP contribution in [0.3, 0.4) is 0 Å². The molecule has 0 atom stereocenters. The molecule has 2 N–H and O–H groups in total. The largest absolute Gasteiger partial charge is 0.372 e. The van der Waals surface area contributed by atoms with Crippen LogP contribution in [0.25, 0.3) is 0 Å². The second kappa shape index (κ2) is 5.09. The second-order valence-electron chi connectivity index (χ2n) is 3.71. The van der Waals surface area contributed by atoms with Crippen LogP contribution in [0, 0.1) is 5.82 Å². The van der Waals surface area contributed by atoms with Gasteiger partial charge in [0, 0.05) is 31.9 Å². The van der Waals surface area contributed by atoms with E-state index in [0.717, 1.165) is 38.5 Å². The van der Waals surface area contributed by atoms with Crippen molar-refractivity contribution in [2.24, 2.45) is 0 Å². The molecule has 1 heterocycles. The van der Waals surface area contributed by atoms with E-state index in [1.807, 2.05) is 0 Å². The van der Waals surface area contributed by atoms with Crippen LogP contribution >= 0.6 is 0 Å². The van der Waals surface area contributed by atoms with Gasteiger partial charge in [0.2, 0.25) is 0 Å². The van der Waals surface area contributed by atoms with Crippen LogP contribution in [0.5, 0.6) is 0 Å². The molecule has 0 aliphatic carbocycles. The fraction of sp³-hybridized carbons (Fsp3) is 0.455. The van der Waals surface area contributed by atoms with Crippen molar-refractivity contribution in [2.75, 3.05) is 38.2 Å². The minimum atomic E-state index is -0.192. The van der Waals surface area contributed by atoms with Crippen LogP contribution in [0.2, 0.25) is 0 Å². The average Bonchev–Trinajstić information content (AvgIpc) is 2.30. The van der Waals surface area contributed by atoms with Gasteiger partial charge in [-0.15, -0.1) is 0 Å². The predicted molar refractivity (Wildman–Crippen MR) is 59.3 cm³/mol. The Kier molecular flexibility index (Phi) is 3.53. The molecule has 2 rings (SSSR count). The van der Waals surface area contributed by atoms with E-state index in [1.54, 1.807) is 12.1 Å². The van der Waals surface area contributed by atoms with E-state index in [1.165, 1.54) is 12.1 Å². The molecule has 0 unspecified atom stereocenters. The SMILES string of the molecule is Fc1ccc(NCN2CCNCC2)cc1. The maximum atomic E-state index is 12.6. The molecule has 1 aromatic carbocycles. The first-order chi connectivity index (χ1) is 7.34. The number of piperazine rings is 1. The minimum absolute atomic E-state index is 0.192. The van der Waals surface area contributed by atoms with Gasteiger partial charge in [-0.25, -0.2) is 4.39 Å². The Morgan fingerprint density at radius 1 is 1.20 bits per heavy atom. The molecule has 1 aliphatic rings. The lowest BCUT2D eigenvalue weighted by Gasteiger charge is -2.27. The van der Waals surface area contributed by atoms with E-state index in [9.17, 15) is 4.39 Å². The van der Waals surface area contributed by atoms with E-state index in [-0.39, 0.29) is 5.82 Å². The lowest BCUT2D eigenvalue weighted by molar-refractivity contribution is 0.256. The van der Waals surface area contributed by atoms with Crippen molar-refractivity contribution in [3.05, 3.63) is 30.1 Å². The molecule has 0 radical (unpaired) electrons. The highest BCUT2D eigenvalue weighted by Crippen LogP contribution is 2.08. The highest BCUT2D eigenvalue weighted by molar-refractivity contribution is 5.42. The van der Waals surface area contributed by atoms with Crippen molar-refractivity contribution < 1.29 is 4.39 Å². The van der Waals surface area contributed by atoms with Gasteiger partial charge < -0.3 is 10.6 Å². The Morgan fingerprint density at radius 2 is 1.87 bits per heavy atom. The lowest BCUT2D eigenvalue weighted by atomic mass is 10.3. The summed E-state index contributed by atoms with van der Waals surface area (Å²) in [7, 11) is 0. The molecule has 4 heteroatoms. The molecule has 0 amide bonds. The summed E-state index contributed by atoms with van der Waals surface area (Å²) in [4.78, 5) is 2.33. The quantitative estimate of drug-likeness (QED) is 0.780. The van der Waals surface area contributed by atoms with Gasteiger partial charge in [0.25, 0.3) is 0 Å². The maximum absolute atomic E-state index is 12.6. The molecule has 0 aromatic heterocycles. The van der Waals surface area contributed by atoms with Crippen molar-refractivity contribution in [3.8, 4) is 0 Å². The Bertz CT molecular complexity index is 293. The summed E-state index contributed by atoms with van der Waals surface area (Å²) in [5, 5.41) is 6.57. The molecule has 82 valence electrons.